The molecule has 1 aromatic carbocycles. The van der Waals surface area contributed by atoms with Gasteiger partial charge in [-0.2, -0.15) is 4.31 Å². The summed E-state index contributed by atoms with van der Waals surface area (Å²) in [5, 5.41) is 0. The summed E-state index contributed by atoms with van der Waals surface area (Å²) < 4.78 is 33.3. The predicted molar refractivity (Wildman–Crippen MR) is 108 cm³/mol. The highest BCUT2D eigenvalue weighted by Crippen LogP contribution is 2.22. The van der Waals surface area contributed by atoms with Crippen molar-refractivity contribution in [2.45, 2.75) is 44.8 Å². The third-order valence-corrected chi connectivity index (χ3v) is 7.45. The van der Waals surface area contributed by atoms with Crippen molar-refractivity contribution in [3.8, 4) is 0 Å². The largest absolute Gasteiger partial charge is 0.373 e. The molecule has 1 aromatic rings. The average molecular weight is 410 g/mol. The molecule has 2 fully saturated rings. The van der Waals surface area contributed by atoms with Crippen LogP contribution in [-0.4, -0.2) is 86.5 Å². The van der Waals surface area contributed by atoms with E-state index in [1.54, 1.807) is 11.0 Å². The zero-order chi connectivity index (χ0) is 20.5. The number of sulfonamides is 1. The molecule has 3 rings (SSSR count). The number of carbonyl (C=O) groups is 1. The highest BCUT2D eigenvalue weighted by atomic mass is 32.2. The predicted octanol–water partition coefficient (Wildman–Crippen LogP) is 1.25. The minimum Gasteiger partial charge on any atom is -0.373 e. The van der Waals surface area contributed by atoms with E-state index in [9.17, 15) is 13.2 Å². The van der Waals surface area contributed by atoms with Crippen LogP contribution in [0.2, 0.25) is 0 Å². The first-order valence-electron chi connectivity index (χ1n) is 9.90. The molecule has 2 aliphatic heterocycles. The monoisotopic (exact) mass is 409 g/mol. The summed E-state index contributed by atoms with van der Waals surface area (Å²) >= 11 is 0. The summed E-state index contributed by atoms with van der Waals surface area (Å²) in [5.74, 6) is 0.0603. The van der Waals surface area contributed by atoms with Gasteiger partial charge in [0.15, 0.2) is 0 Å². The first-order chi connectivity index (χ1) is 13.2. The maximum atomic E-state index is 13.0. The van der Waals surface area contributed by atoms with Crippen LogP contribution in [0.25, 0.3) is 0 Å². The van der Waals surface area contributed by atoms with Crippen molar-refractivity contribution in [2.24, 2.45) is 0 Å². The number of hydrogen-bond donors (Lipinski definition) is 0. The van der Waals surface area contributed by atoms with Crippen LogP contribution in [0.5, 0.6) is 0 Å². The van der Waals surface area contributed by atoms with Gasteiger partial charge in [0.25, 0.3) is 0 Å². The normalized spacial score (nSPS) is 25.1. The van der Waals surface area contributed by atoms with Crippen molar-refractivity contribution in [2.75, 3.05) is 45.8 Å². The summed E-state index contributed by atoms with van der Waals surface area (Å²) in [6, 6.07) is 5.48. The van der Waals surface area contributed by atoms with Crippen molar-refractivity contribution in [3.63, 3.8) is 0 Å². The number of benzene rings is 1. The van der Waals surface area contributed by atoms with E-state index in [-0.39, 0.29) is 18.1 Å². The molecule has 2 heterocycles. The number of nitrogens with zero attached hydrogens (tertiary/aromatic N) is 3. The SMILES string of the molecule is Cc1ccc(C)c(S(=O)(=O)N2CCN(C(=O)CN3C[C@H](C)O[C@@H](C)C3)CC2)c1. The fraction of sp³-hybridized carbons (Fsp3) is 0.650. The van der Waals surface area contributed by atoms with Crippen LogP contribution in [0.1, 0.15) is 25.0 Å². The van der Waals surface area contributed by atoms with Crippen LogP contribution in [-0.2, 0) is 19.6 Å². The summed E-state index contributed by atoms with van der Waals surface area (Å²) in [4.78, 5) is 16.9. The molecule has 28 heavy (non-hydrogen) atoms. The van der Waals surface area contributed by atoms with E-state index in [0.717, 1.165) is 24.2 Å². The molecule has 0 bridgehead atoms. The Balaban J connectivity index is 1.59. The molecule has 8 heteroatoms. The van der Waals surface area contributed by atoms with Crippen molar-refractivity contribution in [3.05, 3.63) is 29.3 Å². The van der Waals surface area contributed by atoms with E-state index in [0.29, 0.717) is 37.6 Å². The number of aryl methyl sites for hydroxylation is 2. The summed E-state index contributed by atoms with van der Waals surface area (Å²) in [6.45, 7) is 11.1. The molecule has 0 radical (unpaired) electrons. The van der Waals surface area contributed by atoms with Crippen LogP contribution < -0.4 is 0 Å². The maximum Gasteiger partial charge on any atom is 0.243 e. The van der Waals surface area contributed by atoms with Crippen LogP contribution >= 0.6 is 0 Å². The van der Waals surface area contributed by atoms with Crippen LogP contribution in [0.3, 0.4) is 0 Å². The van der Waals surface area contributed by atoms with Crippen LogP contribution in [0.15, 0.2) is 23.1 Å². The second kappa shape index (κ2) is 8.49. The molecule has 0 spiro atoms. The second-order valence-electron chi connectivity index (χ2n) is 8.01. The molecule has 0 aromatic heterocycles. The lowest BCUT2D eigenvalue weighted by Gasteiger charge is -2.38. The Kier molecular flexibility index (Phi) is 6.44. The highest BCUT2D eigenvalue weighted by Gasteiger charge is 2.32. The second-order valence-corrected chi connectivity index (χ2v) is 9.91. The molecule has 0 unspecified atom stereocenters. The smallest absolute Gasteiger partial charge is 0.243 e. The lowest BCUT2D eigenvalue weighted by atomic mass is 10.2. The van der Waals surface area contributed by atoms with Gasteiger partial charge in [-0.1, -0.05) is 12.1 Å². The van der Waals surface area contributed by atoms with Gasteiger partial charge in [0.1, 0.15) is 0 Å². The quantitative estimate of drug-likeness (QED) is 0.749. The van der Waals surface area contributed by atoms with Gasteiger partial charge in [-0.3, -0.25) is 9.69 Å². The van der Waals surface area contributed by atoms with E-state index in [1.165, 1.54) is 4.31 Å². The van der Waals surface area contributed by atoms with Gasteiger partial charge in [0.05, 0.1) is 23.6 Å². The zero-order valence-electron chi connectivity index (χ0n) is 17.2. The standard InChI is InChI=1S/C20H31N3O4S/c1-15-5-6-16(2)19(11-15)28(25,26)23-9-7-22(8-10-23)20(24)14-21-12-17(3)27-18(4)13-21/h5-6,11,17-18H,7-10,12-14H2,1-4H3/t17-,18-/m0/s1. The Morgan fingerprint density at radius 3 is 2.29 bits per heavy atom. The molecule has 7 nitrogen and oxygen atoms in total. The van der Waals surface area contributed by atoms with Crippen molar-refractivity contribution in [1.82, 2.24) is 14.1 Å². The molecule has 2 aliphatic rings. The molecule has 0 N–H and O–H groups in total. The third kappa shape index (κ3) is 4.74. The Hall–Kier alpha value is -1.48. The summed E-state index contributed by atoms with van der Waals surface area (Å²) in [7, 11) is -3.54. The molecular weight excluding hydrogens is 378 g/mol. The van der Waals surface area contributed by atoms with E-state index >= 15 is 0 Å². The maximum absolute atomic E-state index is 13.0. The number of piperazine rings is 1. The first kappa shape index (κ1) is 21.2. The Morgan fingerprint density at radius 2 is 1.68 bits per heavy atom. The molecule has 2 atom stereocenters. The van der Waals surface area contributed by atoms with E-state index < -0.39 is 10.0 Å². The molecule has 0 aliphatic carbocycles. The third-order valence-electron chi connectivity index (χ3n) is 5.41. The number of rotatable bonds is 4. The van der Waals surface area contributed by atoms with Crippen molar-refractivity contribution >= 4 is 15.9 Å². The number of ether oxygens (including phenoxy) is 1. The van der Waals surface area contributed by atoms with Crippen LogP contribution in [0.4, 0.5) is 0 Å². The highest BCUT2D eigenvalue weighted by molar-refractivity contribution is 7.89. The lowest BCUT2D eigenvalue weighted by Crippen LogP contribution is -2.54. The van der Waals surface area contributed by atoms with Gasteiger partial charge in [0, 0.05) is 39.3 Å². The Morgan fingerprint density at radius 1 is 1.07 bits per heavy atom. The fourth-order valence-corrected chi connectivity index (χ4v) is 5.74. The number of amides is 1. The van der Waals surface area contributed by atoms with E-state index in [1.807, 2.05) is 39.8 Å². The summed E-state index contributed by atoms with van der Waals surface area (Å²) in [6.07, 6.45) is 0.243. The zero-order valence-corrected chi connectivity index (χ0v) is 18.0. The van der Waals surface area contributed by atoms with Crippen molar-refractivity contribution in [1.29, 1.82) is 0 Å². The molecule has 0 saturated carbocycles. The molecule has 2 saturated heterocycles. The van der Waals surface area contributed by atoms with Gasteiger partial charge >= 0.3 is 0 Å². The minimum atomic E-state index is -3.54. The van der Waals surface area contributed by atoms with Gasteiger partial charge in [-0.25, -0.2) is 8.42 Å². The van der Waals surface area contributed by atoms with E-state index in [4.69, 9.17) is 4.74 Å². The summed E-state index contributed by atoms with van der Waals surface area (Å²) in [5.41, 5.74) is 1.67. The minimum absolute atomic E-state index is 0.0603. The first-order valence-corrected chi connectivity index (χ1v) is 11.3. The van der Waals surface area contributed by atoms with Gasteiger partial charge in [0.2, 0.25) is 15.9 Å². The fourth-order valence-electron chi connectivity index (χ4n) is 4.01. The van der Waals surface area contributed by atoms with Crippen molar-refractivity contribution < 1.29 is 17.9 Å². The topological polar surface area (TPSA) is 70.2 Å². The molecule has 1 amide bonds. The Bertz CT molecular complexity index is 809. The molecular formula is C20H31N3O4S. The lowest BCUT2D eigenvalue weighted by molar-refractivity contribution is -0.137. The number of morpholine rings is 1. The number of carbonyl (C=O) groups excluding carboxylic acids is 1. The Labute approximate surface area is 168 Å². The van der Waals surface area contributed by atoms with Gasteiger partial charge in [-0.15, -0.1) is 0 Å². The average Bonchev–Trinajstić information content (AvgIpc) is 2.63. The van der Waals surface area contributed by atoms with Gasteiger partial charge < -0.3 is 9.64 Å². The molecule has 156 valence electrons. The van der Waals surface area contributed by atoms with Gasteiger partial charge in [-0.05, 0) is 44.9 Å². The van der Waals surface area contributed by atoms with Crippen LogP contribution in [0, 0.1) is 13.8 Å². The number of hydrogen-bond acceptors (Lipinski definition) is 5. The van der Waals surface area contributed by atoms with E-state index in [2.05, 4.69) is 4.90 Å².